The molecule has 5 heteroatoms. The first-order valence-electron chi connectivity index (χ1n) is 3.71. The molecule has 3 nitrogen and oxygen atoms in total. The molecule has 0 fully saturated rings. The van der Waals surface area contributed by atoms with Gasteiger partial charge < -0.3 is 22.9 Å². The molecule has 0 rings (SSSR count). The van der Waals surface area contributed by atoms with E-state index in [1.807, 2.05) is 6.26 Å². The van der Waals surface area contributed by atoms with E-state index in [1.165, 1.54) is 0 Å². The van der Waals surface area contributed by atoms with Crippen molar-refractivity contribution in [1.82, 2.24) is 0 Å². The van der Waals surface area contributed by atoms with Crippen molar-refractivity contribution < 1.29 is 27.7 Å². The Bertz CT molecular complexity index is 124. The Hall–Kier alpha value is 0.0700. The van der Waals surface area contributed by atoms with Gasteiger partial charge in [-0.3, -0.25) is 0 Å². The summed E-state index contributed by atoms with van der Waals surface area (Å²) >= 11 is 1.72. The summed E-state index contributed by atoms with van der Waals surface area (Å²) < 4.78 is 4.79. The van der Waals surface area contributed by atoms with Crippen LogP contribution in [0.25, 0.3) is 0 Å². The Labute approximate surface area is 83.8 Å². The fraction of sp³-hybridized carbons (Fsp3) is 0.857. The van der Waals surface area contributed by atoms with Crippen LogP contribution in [0.5, 0.6) is 0 Å². The van der Waals surface area contributed by atoms with Crippen molar-refractivity contribution in [1.29, 1.82) is 0 Å². The summed E-state index contributed by atoms with van der Waals surface area (Å²) in [6.45, 7) is 2.25. The number of rotatable bonds is 5. The second kappa shape index (κ2) is 9.16. The summed E-state index contributed by atoms with van der Waals surface area (Å²) in [5, 5.41) is 0. The molecule has 0 bridgehead atoms. The Morgan fingerprint density at radius 1 is 1.67 bits per heavy atom. The minimum atomic E-state index is -0.192. The molecule has 0 aromatic heterocycles. The molecule has 0 heterocycles. The van der Waals surface area contributed by atoms with E-state index in [0.29, 0.717) is 6.61 Å². The minimum absolute atomic E-state index is 0. The fourth-order valence-corrected chi connectivity index (χ4v) is 1.16. The van der Waals surface area contributed by atoms with Crippen LogP contribution in [0.3, 0.4) is 0 Å². The lowest BCUT2D eigenvalue weighted by Gasteiger charge is -2.05. The predicted octanol–water partition coefficient (Wildman–Crippen LogP) is -3.08. The number of thioether (sulfide) groups is 1. The zero-order chi connectivity index (χ0) is 8.69. The molecule has 74 valence electrons. The highest BCUT2D eigenvalue weighted by Crippen LogP contribution is 1.98. The van der Waals surface area contributed by atoms with E-state index in [2.05, 4.69) is 5.73 Å². The van der Waals surface area contributed by atoms with Crippen molar-refractivity contribution in [2.45, 2.75) is 19.4 Å². The third-order valence-electron chi connectivity index (χ3n) is 1.29. The van der Waals surface area contributed by atoms with Gasteiger partial charge in [0.15, 0.2) is 6.04 Å². The molecule has 0 saturated carbocycles. The van der Waals surface area contributed by atoms with Crippen LogP contribution in [-0.2, 0) is 9.53 Å². The summed E-state index contributed by atoms with van der Waals surface area (Å²) in [5.74, 6) is 0.786. The highest BCUT2D eigenvalue weighted by Gasteiger charge is 2.16. The van der Waals surface area contributed by atoms with Gasteiger partial charge in [-0.2, -0.15) is 11.8 Å². The number of hydrogen-bond donors (Lipinski definition) is 1. The van der Waals surface area contributed by atoms with E-state index in [4.69, 9.17) is 4.74 Å². The lowest BCUT2D eigenvalue weighted by Crippen LogP contribution is -3.00. The van der Waals surface area contributed by atoms with Crippen LogP contribution in [0.2, 0.25) is 0 Å². The summed E-state index contributed by atoms with van der Waals surface area (Å²) in [5.41, 5.74) is 3.71. The van der Waals surface area contributed by atoms with Crippen LogP contribution in [0.1, 0.15) is 13.3 Å². The molecule has 0 aromatic rings. The Kier molecular flexibility index (Phi) is 11.1. The van der Waals surface area contributed by atoms with Gasteiger partial charge in [-0.1, -0.05) is 0 Å². The van der Waals surface area contributed by atoms with E-state index in [1.54, 1.807) is 18.7 Å². The smallest absolute Gasteiger partial charge is 0.364 e. The number of esters is 1. The lowest BCUT2D eigenvalue weighted by molar-refractivity contribution is -0.408. The molecule has 0 aliphatic rings. The van der Waals surface area contributed by atoms with E-state index in [9.17, 15) is 4.79 Å². The highest BCUT2D eigenvalue weighted by molar-refractivity contribution is 7.98. The average Bonchev–Trinajstić information content (AvgIpc) is 2.00. The first kappa shape index (κ1) is 14.6. The monoisotopic (exact) mass is 213 g/mol. The molecule has 12 heavy (non-hydrogen) atoms. The topological polar surface area (TPSA) is 53.9 Å². The van der Waals surface area contributed by atoms with Gasteiger partial charge in [0.2, 0.25) is 0 Å². The van der Waals surface area contributed by atoms with Crippen LogP contribution in [0, 0.1) is 0 Å². The third kappa shape index (κ3) is 6.76. The first-order valence-corrected chi connectivity index (χ1v) is 5.10. The molecule has 0 saturated heterocycles. The standard InChI is InChI=1S/C7H15NO2S.ClH/c1-3-10-7(9)6(8)4-5-11-2;/h6H,3-5,8H2,1-2H3;1H/t6-;/m0./s1. The predicted molar refractivity (Wildman–Crippen MR) is 46.3 cm³/mol. The van der Waals surface area contributed by atoms with Crippen LogP contribution in [-0.4, -0.2) is 30.6 Å². The second-order valence-corrected chi connectivity index (χ2v) is 3.22. The third-order valence-corrected chi connectivity index (χ3v) is 1.93. The van der Waals surface area contributed by atoms with Crippen molar-refractivity contribution in [2.75, 3.05) is 18.6 Å². The molecular formula is C7H16ClNO2S. The van der Waals surface area contributed by atoms with E-state index >= 15 is 0 Å². The quantitative estimate of drug-likeness (QED) is 0.493. The van der Waals surface area contributed by atoms with Gasteiger partial charge in [-0.05, 0) is 18.9 Å². The average molecular weight is 214 g/mol. The van der Waals surface area contributed by atoms with Gasteiger partial charge in [-0.15, -0.1) is 0 Å². The largest absolute Gasteiger partial charge is 1.00 e. The molecule has 0 aliphatic carbocycles. The Morgan fingerprint density at radius 3 is 2.67 bits per heavy atom. The maximum Gasteiger partial charge on any atom is 0.364 e. The molecule has 0 unspecified atom stereocenters. The van der Waals surface area contributed by atoms with Gasteiger partial charge in [0, 0.05) is 6.42 Å². The number of carbonyl (C=O) groups excluding carboxylic acids is 1. The molecule has 3 N–H and O–H groups in total. The van der Waals surface area contributed by atoms with Gasteiger partial charge in [0.05, 0.1) is 6.61 Å². The zero-order valence-corrected chi connectivity index (χ0v) is 9.08. The summed E-state index contributed by atoms with van der Waals surface area (Å²) in [6, 6.07) is -0.192. The molecule has 0 spiro atoms. The first-order chi connectivity index (χ1) is 5.22. The number of ether oxygens (including phenoxy) is 1. The maximum atomic E-state index is 11.0. The number of halogens is 1. The van der Waals surface area contributed by atoms with Crippen LogP contribution in [0.15, 0.2) is 0 Å². The van der Waals surface area contributed by atoms with Gasteiger partial charge in [-0.25, -0.2) is 4.79 Å². The molecule has 0 aliphatic heterocycles. The summed E-state index contributed by atoms with van der Waals surface area (Å²) in [4.78, 5) is 11.0. The van der Waals surface area contributed by atoms with Crippen molar-refractivity contribution in [3.05, 3.63) is 0 Å². The number of hydrogen-bond acceptors (Lipinski definition) is 3. The maximum absolute atomic E-state index is 11.0. The van der Waals surface area contributed by atoms with Crippen molar-refractivity contribution in [2.24, 2.45) is 0 Å². The summed E-state index contributed by atoms with van der Waals surface area (Å²) in [7, 11) is 0. The number of quaternary nitrogens is 1. The normalized spacial score (nSPS) is 11.6. The van der Waals surface area contributed by atoms with Crippen LogP contribution >= 0.6 is 11.8 Å². The van der Waals surface area contributed by atoms with E-state index < -0.39 is 0 Å². The highest BCUT2D eigenvalue weighted by atomic mass is 35.5. The van der Waals surface area contributed by atoms with Crippen LogP contribution in [0.4, 0.5) is 0 Å². The fourth-order valence-electron chi connectivity index (χ4n) is 0.638. The molecule has 0 radical (unpaired) electrons. The molecule has 0 aromatic carbocycles. The second-order valence-electron chi connectivity index (χ2n) is 2.23. The van der Waals surface area contributed by atoms with E-state index in [-0.39, 0.29) is 24.4 Å². The van der Waals surface area contributed by atoms with Crippen LogP contribution < -0.4 is 18.1 Å². The van der Waals surface area contributed by atoms with Crippen molar-refractivity contribution in [3.63, 3.8) is 0 Å². The minimum Gasteiger partial charge on any atom is -1.00 e. The Morgan fingerprint density at radius 2 is 2.25 bits per heavy atom. The Balaban J connectivity index is 0. The zero-order valence-electron chi connectivity index (χ0n) is 7.51. The van der Waals surface area contributed by atoms with Crippen molar-refractivity contribution >= 4 is 17.7 Å². The van der Waals surface area contributed by atoms with Gasteiger partial charge >= 0.3 is 5.97 Å². The number of carbonyl (C=O) groups is 1. The molecule has 0 amide bonds. The SMILES string of the molecule is CCOC(=O)[C@@H]([NH3+])CCSC.[Cl-]. The molecule has 1 atom stereocenters. The summed E-state index contributed by atoms with van der Waals surface area (Å²) in [6.07, 6.45) is 2.82. The molecular weight excluding hydrogens is 198 g/mol. The van der Waals surface area contributed by atoms with E-state index in [0.717, 1.165) is 12.2 Å². The van der Waals surface area contributed by atoms with Gasteiger partial charge in [0.25, 0.3) is 0 Å². The van der Waals surface area contributed by atoms with Crippen molar-refractivity contribution in [3.8, 4) is 0 Å². The van der Waals surface area contributed by atoms with Gasteiger partial charge in [0.1, 0.15) is 0 Å². The lowest BCUT2D eigenvalue weighted by atomic mass is 10.2.